The van der Waals surface area contributed by atoms with Crippen molar-refractivity contribution in [3.8, 4) is 0 Å². The molecule has 0 saturated carbocycles. The lowest BCUT2D eigenvalue weighted by molar-refractivity contribution is 0.0740. The number of hydrogen-bond acceptors (Lipinski definition) is 5. The van der Waals surface area contributed by atoms with E-state index in [0.717, 1.165) is 25.5 Å². The molecule has 0 radical (unpaired) electrons. The number of halogens is 2. The standard InChI is InChI=1S/C19H21F2N5O/c1-2-22-19-23-9-15-17(24-19)26-7-3-4-14(26)11-25(18(15)27)10-12-5-6-13(20)8-16(12)21/h5-6,8-9,14H,2-4,7,10-11H2,1H3,(H,22,23,24)/t14-/m0/s1. The van der Waals surface area contributed by atoms with Crippen LogP contribution >= 0.6 is 0 Å². The van der Waals surface area contributed by atoms with Crippen LogP contribution in [0.3, 0.4) is 0 Å². The number of nitrogens with zero attached hydrogens (tertiary/aromatic N) is 4. The third-order valence-corrected chi connectivity index (χ3v) is 5.08. The minimum Gasteiger partial charge on any atom is -0.354 e. The lowest BCUT2D eigenvalue weighted by Crippen LogP contribution is -2.39. The molecular weight excluding hydrogens is 352 g/mol. The maximum Gasteiger partial charge on any atom is 0.259 e. The minimum atomic E-state index is -0.644. The molecule has 2 aliphatic heterocycles. The smallest absolute Gasteiger partial charge is 0.259 e. The summed E-state index contributed by atoms with van der Waals surface area (Å²) in [7, 11) is 0. The Labute approximate surface area is 156 Å². The van der Waals surface area contributed by atoms with Gasteiger partial charge in [0.2, 0.25) is 5.95 Å². The molecule has 6 nitrogen and oxygen atoms in total. The van der Waals surface area contributed by atoms with Crippen molar-refractivity contribution in [2.45, 2.75) is 32.4 Å². The van der Waals surface area contributed by atoms with Crippen molar-refractivity contribution < 1.29 is 13.6 Å². The highest BCUT2D eigenvalue weighted by molar-refractivity contribution is 5.99. The number of anilines is 2. The number of nitrogens with one attached hydrogen (secondary N) is 1. The molecular formula is C19H21F2N5O. The summed E-state index contributed by atoms with van der Waals surface area (Å²) in [5, 5.41) is 3.08. The number of benzene rings is 1. The van der Waals surface area contributed by atoms with Gasteiger partial charge in [-0.1, -0.05) is 6.07 Å². The van der Waals surface area contributed by atoms with Gasteiger partial charge in [-0.05, 0) is 25.8 Å². The zero-order valence-corrected chi connectivity index (χ0v) is 15.1. The third kappa shape index (κ3) is 3.31. The van der Waals surface area contributed by atoms with Gasteiger partial charge in [0.1, 0.15) is 23.0 Å². The van der Waals surface area contributed by atoms with Crippen LogP contribution in [0.4, 0.5) is 20.5 Å². The maximum atomic E-state index is 14.1. The van der Waals surface area contributed by atoms with E-state index in [2.05, 4.69) is 20.2 Å². The van der Waals surface area contributed by atoms with Crippen molar-refractivity contribution in [3.63, 3.8) is 0 Å². The molecule has 142 valence electrons. The molecule has 2 aliphatic rings. The number of rotatable bonds is 4. The molecule has 1 aromatic heterocycles. The Hall–Kier alpha value is -2.77. The molecule has 27 heavy (non-hydrogen) atoms. The zero-order valence-electron chi connectivity index (χ0n) is 15.1. The SMILES string of the molecule is CCNc1ncc2c(n1)N1CCC[C@H]1CN(Cc1ccc(F)cc1F)C2=O. The summed E-state index contributed by atoms with van der Waals surface area (Å²) in [6.45, 7) is 4.03. The summed E-state index contributed by atoms with van der Waals surface area (Å²) >= 11 is 0. The van der Waals surface area contributed by atoms with Gasteiger partial charge in [-0.3, -0.25) is 4.79 Å². The minimum absolute atomic E-state index is 0.0870. The van der Waals surface area contributed by atoms with Crippen molar-refractivity contribution >= 4 is 17.7 Å². The number of fused-ring (bicyclic) bond motifs is 3. The van der Waals surface area contributed by atoms with Crippen LogP contribution in [0.2, 0.25) is 0 Å². The van der Waals surface area contributed by atoms with E-state index < -0.39 is 11.6 Å². The van der Waals surface area contributed by atoms with Crippen LogP contribution in [-0.2, 0) is 6.54 Å². The topological polar surface area (TPSA) is 61.4 Å². The third-order valence-electron chi connectivity index (χ3n) is 5.08. The highest BCUT2D eigenvalue weighted by atomic mass is 19.1. The van der Waals surface area contributed by atoms with Crippen LogP contribution in [-0.4, -0.2) is 46.5 Å². The van der Waals surface area contributed by atoms with Gasteiger partial charge in [-0.15, -0.1) is 0 Å². The van der Waals surface area contributed by atoms with Gasteiger partial charge in [0.05, 0.1) is 0 Å². The molecule has 1 atom stereocenters. The van der Waals surface area contributed by atoms with Crippen molar-refractivity contribution in [1.82, 2.24) is 14.9 Å². The van der Waals surface area contributed by atoms with Gasteiger partial charge in [0.25, 0.3) is 5.91 Å². The van der Waals surface area contributed by atoms with Crippen LogP contribution in [0.15, 0.2) is 24.4 Å². The largest absolute Gasteiger partial charge is 0.354 e. The van der Waals surface area contributed by atoms with Gasteiger partial charge >= 0.3 is 0 Å². The fourth-order valence-electron chi connectivity index (χ4n) is 3.79. The van der Waals surface area contributed by atoms with E-state index in [0.29, 0.717) is 36.0 Å². The van der Waals surface area contributed by atoms with Gasteiger partial charge in [0, 0.05) is 50.0 Å². The molecule has 2 aromatic rings. The molecule has 1 fully saturated rings. The molecule has 4 rings (SSSR count). The zero-order chi connectivity index (χ0) is 19.0. The number of amides is 1. The number of aromatic nitrogens is 2. The molecule has 3 heterocycles. The van der Waals surface area contributed by atoms with Crippen LogP contribution in [0.1, 0.15) is 35.7 Å². The predicted molar refractivity (Wildman–Crippen MR) is 97.7 cm³/mol. The Kier molecular flexibility index (Phi) is 4.63. The lowest BCUT2D eigenvalue weighted by Gasteiger charge is -2.27. The molecule has 8 heteroatoms. The summed E-state index contributed by atoms with van der Waals surface area (Å²) in [5.41, 5.74) is 0.714. The van der Waals surface area contributed by atoms with Crippen molar-refractivity contribution in [2.75, 3.05) is 29.9 Å². The quantitative estimate of drug-likeness (QED) is 0.893. The lowest BCUT2D eigenvalue weighted by atomic mass is 10.1. The summed E-state index contributed by atoms with van der Waals surface area (Å²) in [6.07, 6.45) is 3.49. The van der Waals surface area contributed by atoms with Crippen molar-refractivity contribution in [1.29, 1.82) is 0 Å². The Balaban J connectivity index is 1.70. The number of carbonyl (C=O) groups is 1. The number of hydrogen-bond donors (Lipinski definition) is 1. The second-order valence-electron chi connectivity index (χ2n) is 6.87. The van der Waals surface area contributed by atoms with E-state index >= 15 is 0 Å². The van der Waals surface area contributed by atoms with Crippen LogP contribution in [0, 0.1) is 11.6 Å². The van der Waals surface area contributed by atoms with Crippen molar-refractivity contribution in [2.24, 2.45) is 0 Å². The molecule has 1 N–H and O–H groups in total. The fourth-order valence-corrected chi connectivity index (χ4v) is 3.79. The van der Waals surface area contributed by atoms with Gasteiger partial charge in [0.15, 0.2) is 0 Å². The van der Waals surface area contributed by atoms with Gasteiger partial charge in [-0.25, -0.2) is 13.8 Å². The summed E-state index contributed by atoms with van der Waals surface area (Å²) in [6, 6.07) is 3.57. The molecule has 0 unspecified atom stereocenters. The Morgan fingerprint density at radius 3 is 2.96 bits per heavy atom. The Morgan fingerprint density at radius 2 is 2.19 bits per heavy atom. The average molecular weight is 373 g/mol. The fraction of sp³-hybridized carbons (Fsp3) is 0.421. The maximum absolute atomic E-state index is 14.1. The first-order valence-electron chi connectivity index (χ1n) is 9.17. The Bertz CT molecular complexity index is 875. The first kappa shape index (κ1) is 17.6. The highest BCUT2D eigenvalue weighted by Crippen LogP contribution is 2.32. The van der Waals surface area contributed by atoms with Crippen LogP contribution in [0.5, 0.6) is 0 Å². The first-order valence-corrected chi connectivity index (χ1v) is 9.17. The van der Waals surface area contributed by atoms with E-state index in [1.54, 1.807) is 4.90 Å². The summed E-state index contributed by atoms with van der Waals surface area (Å²) in [4.78, 5) is 25.7. The molecule has 1 aromatic carbocycles. The van der Waals surface area contributed by atoms with Gasteiger partial charge in [-0.2, -0.15) is 4.98 Å². The van der Waals surface area contributed by atoms with E-state index in [1.165, 1.54) is 18.3 Å². The molecule has 0 spiro atoms. The summed E-state index contributed by atoms with van der Waals surface area (Å²) in [5.74, 6) is -0.376. The molecule has 0 aliphatic carbocycles. The average Bonchev–Trinajstić information content (AvgIpc) is 3.07. The van der Waals surface area contributed by atoms with Crippen molar-refractivity contribution in [3.05, 3.63) is 47.2 Å². The Morgan fingerprint density at radius 1 is 1.33 bits per heavy atom. The van der Waals surface area contributed by atoms with E-state index in [1.807, 2.05) is 6.92 Å². The predicted octanol–water partition coefficient (Wildman–Crippen LogP) is 2.81. The van der Waals surface area contributed by atoms with Crippen LogP contribution in [0.25, 0.3) is 0 Å². The first-order chi connectivity index (χ1) is 13.1. The molecule has 1 amide bonds. The van der Waals surface area contributed by atoms with E-state index in [9.17, 15) is 13.6 Å². The normalized spacial score (nSPS) is 18.9. The number of carbonyl (C=O) groups excluding carboxylic acids is 1. The van der Waals surface area contributed by atoms with Gasteiger partial charge < -0.3 is 15.1 Å². The summed E-state index contributed by atoms with van der Waals surface area (Å²) < 4.78 is 27.3. The highest BCUT2D eigenvalue weighted by Gasteiger charge is 2.37. The molecule has 1 saturated heterocycles. The second kappa shape index (κ2) is 7.09. The van der Waals surface area contributed by atoms with E-state index in [-0.39, 0.29) is 18.5 Å². The van der Waals surface area contributed by atoms with E-state index in [4.69, 9.17) is 0 Å². The monoisotopic (exact) mass is 373 g/mol. The molecule has 0 bridgehead atoms. The second-order valence-corrected chi connectivity index (χ2v) is 6.87. The van der Waals surface area contributed by atoms with Crippen LogP contribution < -0.4 is 10.2 Å².